The minimum atomic E-state index is -0.303. The van der Waals surface area contributed by atoms with Gasteiger partial charge >= 0.3 is 0 Å². The molecule has 0 aromatic heterocycles. The van der Waals surface area contributed by atoms with Gasteiger partial charge in [-0.15, -0.1) is 12.4 Å². The SMILES string of the molecule is Cl.O=C(NCC1CNC1)C1CCCN(C(=O)Cc2ccc(F)cc2)C1. The summed E-state index contributed by atoms with van der Waals surface area (Å²) < 4.78 is 12.9. The molecule has 2 saturated heterocycles. The summed E-state index contributed by atoms with van der Waals surface area (Å²) in [4.78, 5) is 26.5. The lowest BCUT2D eigenvalue weighted by atomic mass is 9.95. The molecule has 2 heterocycles. The van der Waals surface area contributed by atoms with Gasteiger partial charge in [0.1, 0.15) is 5.82 Å². The number of halogens is 2. The largest absolute Gasteiger partial charge is 0.355 e. The van der Waals surface area contributed by atoms with Crippen LogP contribution in [0.1, 0.15) is 18.4 Å². The number of carbonyl (C=O) groups excluding carboxylic acids is 2. The summed E-state index contributed by atoms with van der Waals surface area (Å²) in [6, 6.07) is 6.00. The average Bonchev–Trinajstić information content (AvgIpc) is 2.55. The molecule has 2 N–H and O–H groups in total. The van der Waals surface area contributed by atoms with E-state index in [0.29, 0.717) is 25.6 Å². The second-order valence-electron chi connectivity index (χ2n) is 6.75. The van der Waals surface area contributed by atoms with E-state index in [1.807, 2.05) is 0 Å². The smallest absolute Gasteiger partial charge is 0.227 e. The van der Waals surface area contributed by atoms with Gasteiger partial charge in [-0.25, -0.2) is 4.39 Å². The van der Waals surface area contributed by atoms with Crippen molar-refractivity contribution in [3.63, 3.8) is 0 Å². The monoisotopic (exact) mass is 369 g/mol. The molecule has 7 heteroatoms. The maximum Gasteiger partial charge on any atom is 0.227 e. The molecule has 2 amide bonds. The quantitative estimate of drug-likeness (QED) is 0.824. The molecule has 1 atom stereocenters. The fraction of sp³-hybridized carbons (Fsp3) is 0.556. The summed E-state index contributed by atoms with van der Waals surface area (Å²) in [6.45, 7) is 3.82. The van der Waals surface area contributed by atoms with E-state index in [9.17, 15) is 14.0 Å². The number of nitrogens with zero attached hydrogens (tertiary/aromatic N) is 1. The van der Waals surface area contributed by atoms with Crippen molar-refractivity contribution < 1.29 is 14.0 Å². The van der Waals surface area contributed by atoms with Gasteiger partial charge in [0.05, 0.1) is 12.3 Å². The average molecular weight is 370 g/mol. The van der Waals surface area contributed by atoms with Crippen LogP contribution >= 0.6 is 12.4 Å². The molecule has 138 valence electrons. The van der Waals surface area contributed by atoms with Crippen LogP contribution in [0.4, 0.5) is 4.39 Å². The predicted octanol–water partition coefficient (Wildman–Crippen LogP) is 1.36. The highest BCUT2D eigenvalue weighted by Crippen LogP contribution is 2.18. The fourth-order valence-corrected chi connectivity index (χ4v) is 3.19. The topological polar surface area (TPSA) is 61.4 Å². The normalized spacial score (nSPS) is 20.4. The van der Waals surface area contributed by atoms with Crippen LogP contribution in [-0.4, -0.2) is 49.4 Å². The molecule has 1 aromatic rings. The van der Waals surface area contributed by atoms with E-state index in [0.717, 1.165) is 31.5 Å². The lowest BCUT2D eigenvalue weighted by Crippen LogP contribution is -2.51. The van der Waals surface area contributed by atoms with Crippen LogP contribution in [0.25, 0.3) is 0 Å². The summed E-state index contributed by atoms with van der Waals surface area (Å²) in [5, 5.41) is 6.20. The molecule has 0 bridgehead atoms. The molecular weight excluding hydrogens is 345 g/mol. The van der Waals surface area contributed by atoms with E-state index in [4.69, 9.17) is 0 Å². The van der Waals surface area contributed by atoms with Crippen molar-refractivity contribution in [3.8, 4) is 0 Å². The van der Waals surface area contributed by atoms with Gasteiger partial charge in [-0.1, -0.05) is 12.1 Å². The molecule has 0 saturated carbocycles. The van der Waals surface area contributed by atoms with Crippen LogP contribution in [-0.2, 0) is 16.0 Å². The minimum absolute atomic E-state index is 0. The fourth-order valence-electron chi connectivity index (χ4n) is 3.19. The number of hydrogen-bond acceptors (Lipinski definition) is 3. The Bertz CT molecular complexity index is 592. The van der Waals surface area contributed by atoms with Gasteiger partial charge in [-0.3, -0.25) is 9.59 Å². The molecule has 2 fully saturated rings. The summed E-state index contributed by atoms with van der Waals surface area (Å²) >= 11 is 0. The van der Waals surface area contributed by atoms with Crippen LogP contribution in [0.5, 0.6) is 0 Å². The summed E-state index contributed by atoms with van der Waals surface area (Å²) in [5.74, 6) is 0.170. The number of likely N-dealkylation sites (tertiary alicyclic amines) is 1. The van der Waals surface area contributed by atoms with Crippen LogP contribution in [0.3, 0.4) is 0 Å². The molecule has 3 rings (SSSR count). The Morgan fingerprint density at radius 1 is 1.24 bits per heavy atom. The second kappa shape index (κ2) is 9.15. The number of nitrogens with one attached hydrogen (secondary N) is 2. The molecule has 0 aliphatic carbocycles. The minimum Gasteiger partial charge on any atom is -0.355 e. The number of benzene rings is 1. The third-order valence-corrected chi connectivity index (χ3v) is 4.84. The summed E-state index contributed by atoms with van der Waals surface area (Å²) in [7, 11) is 0. The molecule has 1 unspecified atom stereocenters. The first-order valence-electron chi connectivity index (χ1n) is 8.62. The highest BCUT2D eigenvalue weighted by atomic mass is 35.5. The zero-order chi connectivity index (χ0) is 16.9. The van der Waals surface area contributed by atoms with Crippen LogP contribution in [0.2, 0.25) is 0 Å². The lowest BCUT2D eigenvalue weighted by Gasteiger charge is -2.33. The van der Waals surface area contributed by atoms with E-state index in [2.05, 4.69) is 10.6 Å². The highest BCUT2D eigenvalue weighted by molar-refractivity contribution is 5.85. The zero-order valence-corrected chi connectivity index (χ0v) is 15.0. The van der Waals surface area contributed by atoms with Gasteiger partial charge in [0.2, 0.25) is 11.8 Å². The standard InChI is InChI=1S/C18H24FN3O2.ClH/c19-16-5-3-13(4-6-16)8-17(23)22-7-1-2-15(12-22)18(24)21-11-14-9-20-10-14;/h3-6,14-15,20H,1-2,7-12H2,(H,21,24);1H. The molecule has 1 aromatic carbocycles. The molecule has 0 radical (unpaired) electrons. The van der Waals surface area contributed by atoms with E-state index >= 15 is 0 Å². The number of piperidine rings is 1. The van der Waals surface area contributed by atoms with Gasteiger partial charge in [0.15, 0.2) is 0 Å². The number of hydrogen-bond donors (Lipinski definition) is 2. The van der Waals surface area contributed by atoms with Gasteiger partial charge in [-0.2, -0.15) is 0 Å². The van der Waals surface area contributed by atoms with Crippen molar-refractivity contribution in [2.45, 2.75) is 19.3 Å². The number of rotatable bonds is 5. The highest BCUT2D eigenvalue weighted by Gasteiger charge is 2.29. The van der Waals surface area contributed by atoms with Crippen molar-refractivity contribution >= 4 is 24.2 Å². The Hall–Kier alpha value is -1.66. The summed E-state index contributed by atoms with van der Waals surface area (Å²) in [5.41, 5.74) is 0.797. The Morgan fingerprint density at radius 3 is 2.60 bits per heavy atom. The van der Waals surface area contributed by atoms with Crippen molar-refractivity contribution in [1.29, 1.82) is 0 Å². The molecule has 25 heavy (non-hydrogen) atoms. The Labute approximate surface area is 153 Å². The van der Waals surface area contributed by atoms with Gasteiger partial charge in [-0.05, 0) is 30.5 Å². The van der Waals surface area contributed by atoms with E-state index in [1.165, 1.54) is 12.1 Å². The van der Waals surface area contributed by atoms with E-state index in [-0.39, 0.29) is 42.4 Å². The molecule has 5 nitrogen and oxygen atoms in total. The van der Waals surface area contributed by atoms with Crippen molar-refractivity contribution in [3.05, 3.63) is 35.6 Å². The maximum atomic E-state index is 12.9. The first-order valence-corrected chi connectivity index (χ1v) is 8.62. The van der Waals surface area contributed by atoms with Crippen LogP contribution in [0.15, 0.2) is 24.3 Å². The Kier molecular flexibility index (Phi) is 7.20. The first-order chi connectivity index (χ1) is 11.6. The molecule has 2 aliphatic rings. The van der Waals surface area contributed by atoms with Crippen molar-refractivity contribution in [1.82, 2.24) is 15.5 Å². The van der Waals surface area contributed by atoms with Gasteiger partial charge < -0.3 is 15.5 Å². The second-order valence-corrected chi connectivity index (χ2v) is 6.75. The van der Waals surface area contributed by atoms with Crippen LogP contribution < -0.4 is 10.6 Å². The number of amides is 2. The van der Waals surface area contributed by atoms with E-state index in [1.54, 1.807) is 17.0 Å². The van der Waals surface area contributed by atoms with Gasteiger partial charge in [0, 0.05) is 38.6 Å². The predicted molar refractivity (Wildman–Crippen MR) is 96.0 cm³/mol. The molecule has 2 aliphatic heterocycles. The molecular formula is C18H25ClFN3O2. The van der Waals surface area contributed by atoms with Crippen molar-refractivity contribution in [2.75, 3.05) is 32.7 Å². The third-order valence-electron chi connectivity index (χ3n) is 4.84. The Morgan fingerprint density at radius 2 is 1.96 bits per heavy atom. The Balaban J connectivity index is 0.00000225. The van der Waals surface area contributed by atoms with Gasteiger partial charge in [0.25, 0.3) is 0 Å². The first kappa shape index (κ1) is 19.7. The maximum absolute atomic E-state index is 12.9. The molecule has 0 spiro atoms. The van der Waals surface area contributed by atoms with Crippen molar-refractivity contribution in [2.24, 2.45) is 11.8 Å². The number of carbonyl (C=O) groups is 2. The summed E-state index contributed by atoms with van der Waals surface area (Å²) in [6.07, 6.45) is 1.93. The lowest BCUT2D eigenvalue weighted by molar-refractivity contribution is -0.135. The van der Waals surface area contributed by atoms with E-state index < -0.39 is 0 Å². The zero-order valence-electron chi connectivity index (χ0n) is 14.2. The van der Waals surface area contributed by atoms with Crippen LogP contribution in [0, 0.1) is 17.7 Å². The third kappa shape index (κ3) is 5.41.